The van der Waals surface area contributed by atoms with E-state index in [1.165, 1.54) is 0 Å². The Labute approximate surface area is 78.1 Å². The topological polar surface area (TPSA) is 9.23 Å². The second kappa shape index (κ2) is 3.87. The monoisotopic (exact) mass is 210 g/mol. The Morgan fingerprint density at radius 2 is 1.92 bits per heavy atom. The summed E-state index contributed by atoms with van der Waals surface area (Å²) in [7, 11) is 1.09. The van der Waals surface area contributed by atoms with Crippen molar-refractivity contribution in [2.75, 3.05) is 7.11 Å². The molecule has 0 fully saturated rings. The zero-order chi connectivity index (χ0) is 10.0. The smallest absolute Gasteiger partial charge is 0.190 e. The van der Waals surface area contributed by atoms with Crippen LogP contribution in [-0.4, -0.2) is 7.11 Å². The Kier molecular flexibility index (Phi) is 3.03. The van der Waals surface area contributed by atoms with E-state index in [0.29, 0.717) is 6.07 Å². The van der Waals surface area contributed by atoms with Crippen LogP contribution in [0.15, 0.2) is 6.07 Å². The van der Waals surface area contributed by atoms with Gasteiger partial charge in [-0.3, -0.25) is 0 Å². The highest BCUT2D eigenvalue weighted by atomic mass is 35.5. The van der Waals surface area contributed by atoms with Crippen LogP contribution in [0.25, 0.3) is 0 Å². The lowest BCUT2D eigenvalue weighted by Crippen LogP contribution is -2.00. The second-order valence-corrected chi connectivity index (χ2v) is 2.57. The fraction of sp³-hybridized carbons (Fsp3) is 0.250. The van der Waals surface area contributed by atoms with Gasteiger partial charge in [-0.25, -0.2) is 13.2 Å². The molecule has 0 spiro atoms. The van der Waals surface area contributed by atoms with E-state index >= 15 is 0 Å². The Bertz CT molecular complexity index is 299. The largest absolute Gasteiger partial charge is 0.491 e. The number of ether oxygens (including phenoxy) is 1. The minimum Gasteiger partial charge on any atom is -0.491 e. The molecule has 0 aliphatic rings. The average molecular weight is 211 g/mol. The van der Waals surface area contributed by atoms with Crippen molar-refractivity contribution in [2.45, 2.75) is 5.88 Å². The standard InChI is InChI=1S/C8H6ClF3O/c1-13-8-6(11)2-5(10)4(3-9)7(8)12/h2H,3H2,1H3. The molecule has 0 amide bonds. The number of hydrogen-bond donors (Lipinski definition) is 0. The summed E-state index contributed by atoms with van der Waals surface area (Å²) < 4.78 is 43.1. The molecule has 72 valence electrons. The molecule has 1 aromatic carbocycles. The molecule has 0 aliphatic heterocycles. The van der Waals surface area contributed by atoms with Gasteiger partial charge in [-0.15, -0.1) is 11.6 Å². The minimum absolute atomic E-state index is 0.367. The summed E-state index contributed by atoms with van der Waals surface area (Å²) >= 11 is 5.26. The van der Waals surface area contributed by atoms with Crippen molar-refractivity contribution in [1.29, 1.82) is 0 Å². The molecule has 0 aliphatic carbocycles. The van der Waals surface area contributed by atoms with Crippen molar-refractivity contribution in [1.82, 2.24) is 0 Å². The summed E-state index contributed by atoms with van der Waals surface area (Å²) in [6.45, 7) is 0. The van der Waals surface area contributed by atoms with E-state index in [2.05, 4.69) is 4.74 Å². The number of alkyl halides is 1. The molecule has 5 heteroatoms. The lowest BCUT2D eigenvalue weighted by Gasteiger charge is -2.07. The van der Waals surface area contributed by atoms with Crippen LogP contribution in [0.4, 0.5) is 13.2 Å². The van der Waals surface area contributed by atoms with Crippen molar-refractivity contribution in [3.05, 3.63) is 29.1 Å². The molecule has 0 radical (unpaired) electrons. The van der Waals surface area contributed by atoms with E-state index in [1.807, 2.05) is 0 Å². The van der Waals surface area contributed by atoms with Gasteiger partial charge in [0.05, 0.1) is 13.0 Å². The molecule has 0 saturated heterocycles. The summed E-state index contributed by atoms with van der Waals surface area (Å²) in [6.07, 6.45) is 0. The van der Waals surface area contributed by atoms with Crippen LogP contribution >= 0.6 is 11.6 Å². The van der Waals surface area contributed by atoms with E-state index in [4.69, 9.17) is 11.6 Å². The zero-order valence-electron chi connectivity index (χ0n) is 6.70. The summed E-state index contributed by atoms with van der Waals surface area (Å²) in [5, 5.41) is 0. The Balaban J connectivity index is 3.39. The third-order valence-electron chi connectivity index (χ3n) is 1.56. The summed E-state index contributed by atoms with van der Waals surface area (Å²) in [6, 6.07) is 0.541. The molecule has 1 aromatic rings. The predicted octanol–water partition coefficient (Wildman–Crippen LogP) is 2.85. The van der Waals surface area contributed by atoms with Gasteiger partial charge < -0.3 is 4.74 Å². The van der Waals surface area contributed by atoms with Crippen LogP contribution in [0.5, 0.6) is 5.75 Å². The van der Waals surface area contributed by atoms with Crippen molar-refractivity contribution in [2.24, 2.45) is 0 Å². The van der Waals surface area contributed by atoms with Gasteiger partial charge in [0.1, 0.15) is 5.82 Å². The van der Waals surface area contributed by atoms with Crippen LogP contribution in [0.3, 0.4) is 0 Å². The molecular formula is C8H6ClF3O. The molecule has 0 N–H and O–H groups in total. The quantitative estimate of drug-likeness (QED) is 0.682. The molecule has 13 heavy (non-hydrogen) atoms. The van der Waals surface area contributed by atoms with Gasteiger partial charge in [0, 0.05) is 11.6 Å². The van der Waals surface area contributed by atoms with Gasteiger partial charge in [0.2, 0.25) is 0 Å². The third kappa shape index (κ3) is 1.72. The lowest BCUT2D eigenvalue weighted by atomic mass is 10.2. The SMILES string of the molecule is COc1c(F)cc(F)c(CCl)c1F. The van der Waals surface area contributed by atoms with Gasteiger partial charge in [-0.05, 0) is 0 Å². The minimum atomic E-state index is -1.09. The van der Waals surface area contributed by atoms with Crippen molar-refractivity contribution in [3.8, 4) is 5.75 Å². The maximum atomic E-state index is 13.1. The fourth-order valence-electron chi connectivity index (χ4n) is 0.920. The number of methoxy groups -OCH3 is 1. The first-order valence-corrected chi connectivity index (χ1v) is 3.91. The highest BCUT2D eigenvalue weighted by Gasteiger charge is 2.18. The Hall–Kier alpha value is -0.900. The van der Waals surface area contributed by atoms with Crippen molar-refractivity contribution in [3.63, 3.8) is 0 Å². The van der Waals surface area contributed by atoms with E-state index in [-0.39, 0.29) is 11.4 Å². The Morgan fingerprint density at radius 1 is 1.31 bits per heavy atom. The summed E-state index contributed by atoms with van der Waals surface area (Å²) in [4.78, 5) is 0. The number of rotatable bonds is 2. The van der Waals surface area contributed by atoms with Crippen LogP contribution in [0.1, 0.15) is 5.56 Å². The molecule has 1 nitrogen and oxygen atoms in total. The molecule has 0 saturated carbocycles. The maximum Gasteiger partial charge on any atom is 0.190 e. The zero-order valence-corrected chi connectivity index (χ0v) is 7.46. The van der Waals surface area contributed by atoms with Crippen molar-refractivity contribution < 1.29 is 17.9 Å². The fourth-order valence-corrected chi connectivity index (χ4v) is 1.17. The van der Waals surface area contributed by atoms with Gasteiger partial charge in [-0.1, -0.05) is 0 Å². The molecule has 0 heterocycles. The molecular weight excluding hydrogens is 205 g/mol. The highest BCUT2D eigenvalue weighted by molar-refractivity contribution is 6.17. The summed E-state index contributed by atoms with van der Waals surface area (Å²) in [5.41, 5.74) is -0.389. The van der Waals surface area contributed by atoms with Gasteiger partial charge >= 0.3 is 0 Å². The number of hydrogen-bond acceptors (Lipinski definition) is 1. The van der Waals surface area contributed by atoms with E-state index in [1.54, 1.807) is 0 Å². The van der Waals surface area contributed by atoms with Crippen LogP contribution in [-0.2, 0) is 5.88 Å². The van der Waals surface area contributed by atoms with Gasteiger partial charge in [0.25, 0.3) is 0 Å². The van der Waals surface area contributed by atoms with Crippen LogP contribution in [0, 0.1) is 17.5 Å². The number of benzene rings is 1. The van der Waals surface area contributed by atoms with Crippen molar-refractivity contribution >= 4 is 11.6 Å². The maximum absolute atomic E-state index is 13.1. The predicted molar refractivity (Wildman–Crippen MR) is 42.4 cm³/mol. The van der Waals surface area contributed by atoms with Gasteiger partial charge in [0.15, 0.2) is 17.4 Å². The molecule has 0 bridgehead atoms. The molecule has 0 unspecified atom stereocenters. The lowest BCUT2D eigenvalue weighted by molar-refractivity contribution is 0.353. The first kappa shape index (κ1) is 10.2. The first-order chi connectivity index (χ1) is 6.11. The first-order valence-electron chi connectivity index (χ1n) is 3.38. The second-order valence-electron chi connectivity index (χ2n) is 2.30. The van der Waals surface area contributed by atoms with Crippen LogP contribution in [0.2, 0.25) is 0 Å². The third-order valence-corrected chi connectivity index (χ3v) is 1.83. The van der Waals surface area contributed by atoms with E-state index in [0.717, 1.165) is 7.11 Å². The highest BCUT2D eigenvalue weighted by Crippen LogP contribution is 2.27. The molecule has 0 atom stereocenters. The molecule has 0 aromatic heterocycles. The summed E-state index contributed by atoms with van der Waals surface area (Å²) in [5.74, 6) is -4.15. The van der Waals surface area contributed by atoms with Crippen LogP contribution < -0.4 is 4.74 Å². The number of halogens is 4. The Morgan fingerprint density at radius 3 is 2.38 bits per heavy atom. The normalized spacial score (nSPS) is 10.2. The molecule has 1 rings (SSSR count). The van der Waals surface area contributed by atoms with Gasteiger partial charge in [-0.2, -0.15) is 0 Å². The average Bonchev–Trinajstić information content (AvgIpc) is 2.04. The van der Waals surface area contributed by atoms with E-state index in [9.17, 15) is 13.2 Å². The van der Waals surface area contributed by atoms with E-state index < -0.39 is 23.2 Å².